The third-order valence-corrected chi connectivity index (χ3v) is 4.59. The van der Waals surface area contributed by atoms with Gasteiger partial charge in [-0.1, -0.05) is 12.2 Å². The maximum Gasteiger partial charge on any atom is 0.0513 e. The molecule has 4 heterocycles. The molecule has 0 N–H and O–H groups in total. The third-order valence-electron chi connectivity index (χ3n) is 4.59. The van der Waals surface area contributed by atoms with Crippen molar-refractivity contribution in [3.8, 4) is 0 Å². The Morgan fingerprint density at radius 2 is 2.21 bits per heavy atom. The lowest BCUT2D eigenvalue weighted by Gasteiger charge is -2.40. The van der Waals surface area contributed by atoms with Crippen LogP contribution in [0.5, 0.6) is 0 Å². The van der Waals surface area contributed by atoms with Gasteiger partial charge in [0.05, 0.1) is 5.52 Å². The van der Waals surface area contributed by atoms with Crippen LogP contribution in [0.1, 0.15) is 25.3 Å². The zero-order chi connectivity index (χ0) is 12.7. The van der Waals surface area contributed by atoms with Crippen LogP contribution in [-0.4, -0.2) is 33.6 Å². The second-order valence-electron chi connectivity index (χ2n) is 5.66. The van der Waals surface area contributed by atoms with E-state index in [1.165, 1.54) is 43.3 Å². The summed E-state index contributed by atoms with van der Waals surface area (Å²) in [4.78, 5) is 6.83. The summed E-state index contributed by atoms with van der Waals surface area (Å²) in [5.74, 6) is 0. The van der Waals surface area contributed by atoms with Gasteiger partial charge >= 0.3 is 0 Å². The summed E-state index contributed by atoms with van der Waals surface area (Å²) >= 11 is 0. The molecule has 3 nitrogen and oxygen atoms in total. The quantitative estimate of drug-likeness (QED) is 0.728. The molecular formula is C16H19N3. The molecule has 2 aliphatic rings. The number of nitrogens with zero attached hydrogens (tertiary/aromatic N) is 3. The first-order valence-electron chi connectivity index (χ1n) is 7.23. The molecule has 0 bridgehead atoms. The van der Waals surface area contributed by atoms with Crippen molar-refractivity contribution in [3.05, 3.63) is 42.9 Å². The molecule has 1 saturated heterocycles. The van der Waals surface area contributed by atoms with Crippen LogP contribution in [0.15, 0.2) is 42.9 Å². The molecular weight excluding hydrogens is 234 g/mol. The molecule has 19 heavy (non-hydrogen) atoms. The lowest BCUT2D eigenvalue weighted by Crippen LogP contribution is -2.43. The molecule has 1 fully saturated rings. The fourth-order valence-electron chi connectivity index (χ4n) is 3.57. The van der Waals surface area contributed by atoms with Crippen molar-refractivity contribution in [2.24, 2.45) is 0 Å². The minimum atomic E-state index is 0.629. The number of hydrogen-bond acceptors (Lipinski definition) is 2. The molecule has 0 aromatic carbocycles. The highest BCUT2D eigenvalue weighted by Gasteiger charge is 2.28. The zero-order valence-electron chi connectivity index (χ0n) is 11.1. The van der Waals surface area contributed by atoms with Gasteiger partial charge in [-0.05, 0) is 31.4 Å². The Bertz CT molecular complexity index is 613. The van der Waals surface area contributed by atoms with Crippen molar-refractivity contribution in [1.82, 2.24) is 14.5 Å². The number of fused-ring (bicyclic) bond motifs is 2. The van der Waals surface area contributed by atoms with Crippen LogP contribution in [0.3, 0.4) is 0 Å². The molecule has 0 amide bonds. The molecule has 0 spiro atoms. The molecule has 0 aliphatic carbocycles. The average molecular weight is 253 g/mol. The first kappa shape index (κ1) is 11.2. The van der Waals surface area contributed by atoms with Crippen LogP contribution in [0.4, 0.5) is 0 Å². The summed E-state index contributed by atoms with van der Waals surface area (Å²) in [6, 6.07) is 5.60. The van der Waals surface area contributed by atoms with E-state index >= 15 is 0 Å². The maximum atomic E-state index is 4.20. The minimum Gasteiger partial charge on any atom is -0.344 e. The highest BCUT2D eigenvalue weighted by Crippen LogP contribution is 2.32. The van der Waals surface area contributed by atoms with Crippen molar-refractivity contribution < 1.29 is 0 Å². The maximum absolute atomic E-state index is 4.20. The molecule has 2 aromatic rings. The van der Waals surface area contributed by atoms with Crippen LogP contribution in [0, 0.1) is 0 Å². The highest BCUT2D eigenvalue weighted by atomic mass is 15.2. The predicted octanol–water partition coefficient (Wildman–Crippen LogP) is 3.00. The lowest BCUT2D eigenvalue weighted by atomic mass is 9.94. The third kappa shape index (κ3) is 1.89. The van der Waals surface area contributed by atoms with Gasteiger partial charge in [0.1, 0.15) is 0 Å². The Morgan fingerprint density at radius 1 is 1.21 bits per heavy atom. The average Bonchev–Trinajstić information content (AvgIpc) is 2.91. The minimum absolute atomic E-state index is 0.629. The molecule has 4 rings (SSSR count). The Balaban J connectivity index is 1.66. The summed E-state index contributed by atoms with van der Waals surface area (Å²) in [6.45, 7) is 2.47. The van der Waals surface area contributed by atoms with Crippen LogP contribution in [0.2, 0.25) is 0 Å². The van der Waals surface area contributed by atoms with E-state index in [4.69, 9.17) is 0 Å². The van der Waals surface area contributed by atoms with Gasteiger partial charge in [0.15, 0.2) is 0 Å². The largest absolute Gasteiger partial charge is 0.344 e. The summed E-state index contributed by atoms with van der Waals surface area (Å²) in [5.41, 5.74) is 1.33. The normalized spacial score (nSPS) is 27.6. The number of rotatable bonds is 1. The Labute approximate surface area is 113 Å². The Hall–Kier alpha value is -1.61. The van der Waals surface area contributed by atoms with E-state index < -0.39 is 0 Å². The van der Waals surface area contributed by atoms with Crippen molar-refractivity contribution in [2.75, 3.05) is 13.1 Å². The molecule has 0 radical (unpaired) electrons. The summed E-state index contributed by atoms with van der Waals surface area (Å²) in [7, 11) is 0. The predicted molar refractivity (Wildman–Crippen MR) is 77.1 cm³/mol. The van der Waals surface area contributed by atoms with Crippen LogP contribution in [-0.2, 0) is 0 Å². The van der Waals surface area contributed by atoms with Gasteiger partial charge in [-0.15, -0.1) is 0 Å². The topological polar surface area (TPSA) is 21.1 Å². The van der Waals surface area contributed by atoms with Gasteiger partial charge in [0.2, 0.25) is 0 Å². The van der Waals surface area contributed by atoms with Crippen LogP contribution < -0.4 is 0 Å². The molecule has 2 atom stereocenters. The van der Waals surface area contributed by atoms with Gasteiger partial charge in [-0.2, -0.15) is 0 Å². The van der Waals surface area contributed by atoms with Gasteiger partial charge < -0.3 is 4.57 Å². The fraction of sp³-hybridized carbons (Fsp3) is 0.438. The van der Waals surface area contributed by atoms with E-state index in [1.54, 1.807) is 0 Å². The molecule has 2 unspecified atom stereocenters. The van der Waals surface area contributed by atoms with Gasteiger partial charge in [0.25, 0.3) is 0 Å². The van der Waals surface area contributed by atoms with Crippen molar-refractivity contribution >= 4 is 10.9 Å². The highest BCUT2D eigenvalue weighted by molar-refractivity contribution is 5.78. The zero-order valence-corrected chi connectivity index (χ0v) is 11.1. The summed E-state index contributed by atoms with van der Waals surface area (Å²) in [6.07, 6.45) is 14.6. The first-order valence-corrected chi connectivity index (χ1v) is 7.23. The van der Waals surface area contributed by atoms with Crippen LogP contribution in [0.25, 0.3) is 10.9 Å². The van der Waals surface area contributed by atoms with Crippen molar-refractivity contribution in [1.29, 1.82) is 0 Å². The number of piperidine rings is 1. The molecule has 2 aromatic heterocycles. The van der Waals surface area contributed by atoms with E-state index in [-0.39, 0.29) is 0 Å². The van der Waals surface area contributed by atoms with Gasteiger partial charge in [-0.25, -0.2) is 0 Å². The Kier molecular flexibility index (Phi) is 2.66. The Morgan fingerprint density at radius 3 is 3.21 bits per heavy atom. The molecule has 2 aliphatic heterocycles. The monoisotopic (exact) mass is 253 g/mol. The first-order chi connectivity index (χ1) is 9.42. The second kappa shape index (κ2) is 4.49. The molecule has 98 valence electrons. The number of hydrogen-bond donors (Lipinski definition) is 0. The van der Waals surface area contributed by atoms with Crippen LogP contribution >= 0.6 is 0 Å². The fourth-order valence-corrected chi connectivity index (χ4v) is 3.57. The number of aromatic nitrogens is 2. The second-order valence-corrected chi connectivity index (χ2v) is 5.66. The number of pyridine rings is 1. The van der Waals surface area contributed by atoms with E-state index in [2.05, 4.69) is 44.9 Å². The van der Waals surface area contributed by atoms with Crippen molar-refractivity contribution in [3.63, 3.8) is 0 Å². The molecule has 3 heteroatoms. The standard InChI is InChI=1S/C16H19N3/c1-2-8-18-9-6-15(11-14(18)3-1)19-10-5-13-12-17-7-4-16(13)19/h1,3-5,7,10,12,14-15H,2,6,8-9,11H2. The SMILES string of the molecule is C1=CC2CC(n3ccc4cnccc43)CCN2CC1. The molecule has 0 saturated carbocycles. The van der Waals surface area contributed by atoms with E-state index in [9.17, 15) is 0 Å². The smallest absolute Gasteiger partial charge is 0.0513 e. The summed E-state index contributed by atoms with van der Waals surface area (Å²) in [5, 5.41) is 1.25. The summed E-state index contributed by atoms with van der Waals surface area (Å²) < 4.78 is 2.46. The lowest BCUT2D eigenvalue weighted by molar-refractivity contribution is 0.140. The van der Waals surface area contributed by atoms with Crippen molar-refractivity contribution in [2.45, 2.75) is 31.3 Å². The van der Waals surface area contributed by atoms with Gasteiger partial charge in [0, 0.05) is 49.1 Å². The van der Waals surface area contributed by atoms with E-state index in [1.807, 2.05) is 12.4 Å². The van der Waals surface area contributed by atoms with E-state index in [0.717, 1.165) is 0 Å². The van der Waals surface area contributed by atoms with E-state index in [0.29, 0.717) is 12.1 Å². The van der Waals surface area contributed by atoms with Gasteiger partial charge in [-0.3, -0.25) is 9.88 Å².